The lowest BCUT2D eigenvalue weighted by Gasteiger charge is -2.12. The van der Waals surface area contributed by atoms with E-state index in [9.17, 15) is 0 Å². The standard InChI is InChI=1S/C14H16ClN3O/c1-16-10-6-11(8-17-7-10)18-9-12-13(15)4-3-5-14(12)19-2/h3-8,16,18H,9H2,1-2H3. The fraction of sp³-hybridized carbons (Fsp3) is 0.214. The molecule has 0 aliphatic rings. The van der Waals surface area contributed by atoms with Crippen molar-refractivity contribution in [1.29, 1.82) is 0 Å². The maximum Gasteiger partial charge on any atom is 0.125 e. The van der Waals surface area contributed by atoms with E-state index in [1.54, 1.807) is 19.5 Å². The summed E-state index contributed by atoms with van der Waals surface area (Å²) >= 11 is 6.18. The Kier molecular flexibility index (Phi) is 4.47. The number of methoxy groups -OCH3 is 1. The predicted octanol–water partition coefficient (Wildman–Crippen LogP) is 3.40. The number of aromatic nitrogens is 1. The molecule has 2 N–H and O–H groups in total. The molecule has 0 radical (unpaired) electrons. The molecule has 0 amide bonds. The Morgan fingerprint density at radius 3 is 2.79 bits per heavy atom. The maximum absolute atomic E-state index is 6.18. The minimum absolute atomic E-state index is 0.581. The van der Waals surface area contributed by atoms with Crippen molar-refractivity contribution in [2.75, 3.05) is 24.8 Å². The lowest BCUT2D eigenvalue weighted by Crippen LogP contribution is -2.03. The van der Waals surface area contributed by atoms with Gasteiger partial charge in [0.05, 0.1) is 30.9 Å². The first-order chi connectivity index (χ1) is 9.24. The van der Waals surface area contributed by atoms with Crippen LogP contribution in [-0.4, -0.2) is 19.1 Å². The van der Waals surface area contributed by atoms with Gasteiger partial charge in [0, 0.05) is 24.2 Å². The van der Waals surface area contributed by atoms with Crippen molar-refractivity contribution in [2.45, 2.75) is 6.54 Å². The van der Waals surface area contributed by atoms with Crippen molar-refractivity contribution < 1.29 is 4.74 Å². The third-order valence-corrected chi connectivity index (χ3v) is 3.15. The van der Waals surface area contributed by atoms with Crippen LogP contribution in [0.5, 0.6) is 5.75 Å². The van der Waals surface area contributed by atoms with Crippen LogP contribution >= 0.6 is 11.6 Å². The van der Waals surface area contributed by atoms with Crippen LogP contribution in [0, 0.1) is 0 Å². The maximum atomic E-state index is 6.18. The summed E-state index contributed by atoms with van der Waals surface area (Å²) in [6.07, 6.45) is 3.53. The van der Waals surface area contributed by atoms with E-state index < -0.39 is 0 Å². The minimum Gasteiger partial charge on any atom is -0.496 e. The molecule has 0 fully saturated rings. The van der Waals surface area contributed by atoms with Crippen LogP contribution < -0.4 is 15.4 Å². The number of ether oxygens (including phenoxy) is 1. The molecule has 2 aromatic rings. The van der Waals surface area contributed by atoms with Crippen molar-refractivity contribution in [1.82, 2.24) is 4.98 Å². The van der Waals surface area contributed by atoms with Gasteiger partial charge < -0.3 is 15.4 Å². The van der Waals surface area contributed by atoms with Crippen molar-refractivity contribution in [3.05, 3.63) is 47.2 Å². The first-order valence-corrected chi connectivity index (χ1v) is 6.30. The molecule has 5 heteroatoms. The molecule has 1 aromatic heterocycles. The average Bonchev–Trinajstić information content (AvgIpc) is 2.46. The molecular weight excluding hydrogens is 262 g/mol. The van der Waals surface area contributed by atoms with Crippen LogP contribution in [0.4, 0.5) is 11.4 Å². The summed E-state index contributed by atoms with van der Waals surface area (Å²) in [5.41, 5.74) is 2.81. The number of rotatable bonds is 5. The van der Waals surface area contributed by atoms with Crippen LogP contribution in [0.2, 0.25) is 5.02 Å². The number of nitrogens with zero attached hydrogens (tertiary/aromatic N) is 1. The van der Waals surface area contributed by atoms with Gasteiger partial charge in [-0.25, -0.2) is 0 Å². The van der Waals surface area contributed by atoms with Crippen LogP contribution in [0.15, 0.2) is 36.7 Å². The first kappa shape index (κ1) is 13.5. The zero-order valence-corrected chi connectivity index (χ0v) is 11.7. The highest BCUT2D eigenvalue weighted by Crippen LogP contribution is 2.27. The molecule has 0 saturated carbocycles. The Bertz CT molecular complexity index is 560. The third-order valence-electron chi connectivity index (χ3n) is 2.79. The van der Waals surface area contributed by atoms with E-state index in [2.05, 4.69) is 15.6 Å². The van der Waals surface area contributed by atoms with E-state index in [0.29, 0.717) is 11.6 Å². The smallest absolute Gasteiger partial charge is 0.125 e. The molecule has 19 heavy (non-hydrogen) atoms. The molecule has 1 aromatic carbocycles. The molecule has 0 atom stereocenters. The van der Waals surface area contributed by atoms with E-state index in [0.717, 1.165) is 22.7 Å². The number of nitrogens with one attached hydrogen (secondary N) is 2. The van der Waals surface area contributed by atoms with Gasteiger partial charge in [-0.15, -0.1) is 0 Å². The van der Waals surface area contributed by atoms with Crippen LogP contribution in [0.1, 0.15) is 5.56 Å². The van der Waals surface area contributed by atoms with Gasteiger partial charge in [0.1, 0.15) is 5.75 Å². The molecule has 0 bridgehead atoms. The lowest BCUT2D eigenvalue weighted by atomic mass is 10.2. The van der Waals surface area contributed by atoms with E-state index in [4.69, 9.17) is 16.3 Å². The van der Waals surface area contributed by atoms with Gasteiger partial charge in [-0.1, -0.05) is 17.7 Å². The summed E-state index contributed by atoms with van der Waals surface area (Å²) in [5.74, 6) is 0.776. The normalized spacial score (nSPS) is 10.1. The number of hydrogen-bond donors (Lipinski definition) is 2. The zero-order chi connectivity index (χ0) is 13.7. The van der Waals surface area contributed by atoms with E-state index in [1.807, 2.05) is 31.3 Å². The fourth-order valence-electron chi connectivity index (χ4n) is 1.77. The largest absolute Gasteiger partial charge is 0.496 e. The summed E-state index contributed by atoms with van der Waals surface area (Å²) in [7, 11) is 3.50. The van der Waals surface area contributed by atoms with Gasteiger partial charge >= 0.3 is 0 Å². The monoisotopic (exact) mass is 277 g/mol. The van der Waals surface area contributed by atoms with Crippen molar-refractivity contribution in [2.24, 2.45) is 0 Å². The number of halogens is 1. The highest BCUT2D eigenvalue weighted by molar-refractivity contribution is 6.31. The summed E-state index contributed by atoms with van der Waals surface area (Å²) in [6, 6.07) is 7.60. The fourth-order valence-corrected chi connectivity index (χ4v) is 2.00. The zero-order valence-electron chi connectivity index (χ0n) is 10.9. The number of benzene rings is 1. The second-order valence-corrected chi connectivity index (χ2v) is 4.39. The van der Waals surface area contributed by atoms with Gasteiger partial charge in [-0.05, 0) is 18.2 Å². The molecule has 0 unspecified atom stereocenters. The molecule has 0 aliphatic heterocycles. The highest BCUT2D eigenvalue weighted by Gasteiger charge is 2.07. The first-order valence-electron chi connectivity index (χ1n) is 5.92. The Labute approximate surface area is 117 Å². The van der Waals surface area contributed by atoms with Gasteiger partial charge in [0.15, 0.2) is 0 Å². The Hall–Kier alpha value is -1.94. The quantitative estimate of drug-likeness (QED) is 0.879. The molecular formula is C14H16ClN3O. The van der Waals surface area contributed by atoms with Crippen molar-refractivity contribution in [3.63, 3.8) is 0 Å². The summed E-state index contributed by atoms with van der Waals surface area (Å²) in [5, 5.41) is 7.02. The Morgan fingerprint density at radius 1 is 1.26 bits per heavy atom. The van der Waals surface area contributed by atoms with Gasteiger partial charge in [-0.2, -0.15) is 0 Å². The van der Waals surface area contributed by atoms with Gasteiger partial charge in [0.25, 0.3) is 0 Å². The summed E-state index contributed by atoms with van der Waals surface area (Å²) < 4.78 is 5.31. The Balaban J connectivity index is 2.14. The topological polar surface area (TPSA) is 46.2 Å². The van der Waals surface area contributed by atoms with Gasteiger partial charge in [0.2, 0.25) is 0 Å². The molecule has 0 saturated heterocycles. The van der Waals surface area contributed by atoms with E-state index in [1.165, 1.54) is 0 Å². The number of hydrogen-bond acceptors (Lipinski definition) is 4. The number of pyridine rings is 1. The molecule has 2 rings (SSSR count). The lowest BCUT2D eigenvalue weighted by molar-refractivity contribution is 0.410. The van der Waals surface area contributed by atoms with Gasteiger partial charge in [-0.3, -0.25) is 4.98 Å². The highest BCUT2D eigenvalue weighted by atomic mass is 35.5. The second kappa shape index (κ2) is 6.29. The van der Waals surface area contributed by atoms with E-state index >= 15 is 0 Å². The molecule has 0 aliphatic carbocycles. The third kappa shape index (κ3) is 3.29. The molecule has 100 valence electrons. The second-order valence-electron chi connectivity index (χ2n) is 3.99. The van der Waals surface area contributed by atoms with E-state index in [-0.39, 0.29) is 0 Å². The SMILES string of the molecule is CNc1cncc(NCc2c(Cl)cccc2OC)c1. The average molecular weight is 278 g/mol. The Morgan fingerprint density at radius 2 is 2.05 bits per heavy atom. The van der Waals surface area contributed by atoms with Crippen molar-refractivity contribution >= 4 is 23.0 Å². The molecule has 4 nitrogen and oxygen atoms in total. The molecule has 0 spiro atoms. The van der Waals surface area contributed by atoms with Crippen molar-refractivity contribution in [3.8, 4) is 5.75 Å². The predicted molar refractivity (Wildman–Crippen MR) is 79.1 cm³/mol. The minimum atomic E-state index is 0.581. The van der Waals surface area contributed by atoms with Crippen LogP contribution in [-0.2, 0) is 6.54 Å². The summed E-state index contributed by atoms with van der Waals surface area (Å²) in [6.45, 7) is 0.581. The van der Waals surface area contributed by atoms with Crippen LogP contribution in [0.25, 0.3) is 0 Å². The number of anilines is 2. The van der Waals surface area contributed by atoms with Crippen LogP contribution in [0.3, 0.4) is 0 Å². The summed E-state index contributed by atoms with van der Waals surface area (Å²) in [4.78, 5) is 4.14. The molecule has 1 heterocycles.